The molecule has 0 saturated carbocycles. The molecule has 2 unspecified atom stereocenters. The minimum atomic E-state index is -0.560. The lowest BCUT2D eigenvalue weighted by atomic mass is 10.1. The van der Waals surface area contributed by atoms with Gasteiger partial charge in [0.2, 0.25) is 0 Å². The van der Waals surface area contributed by atoms with Gasteiger partial charge >= 0.3 is 6.03 Å². The van der Waals surface area contributed by atoms with Crippen LogP contribution in [0.15, 0.2) is 24.3 Å². The third-order valence-electron chi connectivity index (χ3n) is 3.40. The van der Waals surface area contributed by atoms with Crippen molar-refractivity contribution in [3.05, 3.63) is 29.8 Å². The van der Waals surface area contributed by atoms with Gasteiger partial charge in [0.05, 0.1) is 12.7 Å². The van der Waals surface area contributed by atoms with E-state index in [-0.39, 0.29) is 12.1 Å². The number of nitrogens with two attached hydrogens (primary N) is 1. The predicted octanol–water partition coefficient (Wildman–Crippen LogP) is 1.98. The Morgan fingerprint density at radius 1 is 1.43 bits per heavy atom. The Bertz CT molecular complexity index is 487. The summed E-state index contributed by atoms with van der Waals surface area (Å²) in [5.41, 5.74) is 6.89. The van der Waals surface area contributed by atoms with E-state index in [1.807, 2.05) is 38.1 Å². The van der Waals surface area contributed by atoms with E-state index in [1.165, 1.54) is 0 Å². The highest BCUT2D eigenvalue weighted by Gasteiger charge is 2.32. The molecule has 1 aromatic carbocycles. The SMILES string of the molecule is CC(NCC1COC(C)(C)O1)c1ccc(NC(N)=O)cc1. The molecule has 1 aromatic rings. The van der Waals surface area contributed by atoms with Gasteiger partial charge in [-0.05, 0) is 38.5 Å². The molecule has 0 aromatic heterocycles. The van der Waals surface area contributed by atoms with Crippen molar-refractivity contribution in [2.75, 3.05) is 18.5 Å². The third-order valence-corrected chi connectivity index (χ3v) is 3.40. The monoisotopic (exact) mass is 293 g/mol. The van der Waals surface area contributed by atoms with Gasteiger partial charge in [0.25, 0.3) is 0 Å². The lowest BCUT2D eigenvalue weighted by molar-refractivity contribution is -0.137. The second-order valence-electron chi connectivity index (χ2n) is 5.69. The van der Waals surface area contributed by atoms with Gasteiger partial charge in [0, 0.05) is 18.3 Å². The van der Waals surface area contributed by atoms with Gasteiger partial charge in [-0.25, -0.2) is 4.79 Å². The lowest BCUT2D eigenvalue weighted by Gasteiger charge is -2.19. The molecule has 1 heterocycles. The van der Waals surface area contributed by atoms with Gasteiger partial charge in [-0.15, -0.1) is 0 Å². The predicted molar refractivity (Wildman–Crippen MR) is 81.0 cm³/mol. The zero-order chi connectivity index (χ0) is 15.5. The number of carbonyl (C=O) groups excluding carboxylic acids is 1. The molecular formula is C15H23N3O3. The molecule has 6 nitrogen and oxygen atoms in total. The number of urea groups is 1. The van der Waals surface area contributed by atoms with Crippen molar-refractivity contribution >= 4 is 11.7 Å². The standard InChI is InChI=1S/C15H23N3O3/c1-10(17-8-13-9-20-15(2,3)21-13)11-4-6-12(7-5-11)18-14(16)19/h4-7,10,13,17H,8-9H2,1-3H3,(H3,16,18,19). The van der Waals surface area contributed by atoms with Crippen molar-refractivity contribution in [3.8, 4) is 0 Å². The van der Waals surface area contributed by atoms with Gasteiger partial charge in [-0.2, -0.15) is 0 Å². The smallest absolute Gasteiger partial charge is 0.316 e. The second kappa shape index (κ2) is 6.43. The number of rotatable bonds is 5. The van der Waals surface area contributed by atoms with Gasteiger partial charge < -0.3 is 25.8 Å². The maximum atomic E-state index is 10.8. The Kier molecular flexibility index (Phi) is 4.82. The van der Waals surface area contributed by atoms with Gasteiger partial charge in [-0.3, -0.25) is 0 Å². The first-order valence-electron chi connectivity index (χ1n) is 7.07. The molecule has 2 atom stereocenters. The molecule has 0 aliphatic carbocycles. The van der Waals surface area contributed by atoms with Crippen LogP contribution in [0.5, 0.6) is 0 Å². The highest BCUT2D eigenvalue weighted by molar-refractivity contribution is 5.87. The Balaban J connectivity index is 1.83. The molecule has 6 heteroatoms. The van der Waals surface area contributed by atoms with E-state index in [9.17, 15) is 4.79 Å². The zero-order valence-electron chi connectivity index (χ0n) is 12.7. The first kappa shape index (κ1) is 15.8. The van der Waals surface area contributed by atoms with Crippen LogP contribution in [-0.4, -0.2) is 31.1 Å². The normalized spacial score (nSPS) is 22.0. The van der Waals surface area contributed by atoms with E-state index < -0.39 is 11.8 Å². The number of anilines is 1. The Morgan fingerprint density at radius 3 is 2.62 bits per heavy atom. The summed E-state index contributed by atoms with van der Waals surface area (Å²) >= 11 is 0. The minimum absolute atomic E-state index is 0.0678. The number of primary amides is 1. The van der Waals surface area contributed by atoms with Gasteiger partial charge in [0.15, 0.2) is 5.79 Å². The maximum absolute atomic E-state index is 10.8. The molecule has 1 aliphatic rings. The van der Waals surface area contributed by atoms with E-state index in [0.29, 0.717) is 12.3 Å². The molecule has 1 saturated heterocycles. The van der Waals surface area contributed by atoms with Crippen LogP contribution in [0.4, 0.5) is 10.5 Å². The molecule has 2 amide bonds. The van der Waals surface area contributed by atoms with Crippen LogP contribution >= 0.6 is 0 Å². The number of benzene rings is 1. The highest BCUT2D eigenvalue weighted by atomic mass is 16.7. The summed E-state index contributed by atoms with van der Waals surface area (Å²) in [7, 11) is 0. The van der Waals surface area contributed by atoms with Crippen LogP contribution in [0.3, 0.4) is 0 Å². The first-order chi connectivity index (χ1) is 9.85. The topological polar surface area (TPSA) is 85.6 Å². The van der Waals surface area contributed by atoms with Crippen molar-refractivity contribution in [2.24, 2.45) is 5.73 Å². The lowest BCUT2D eigenvalue weighted by Crippen LogP contribution is -2.32. The molecule has 116 valence electrons. The van der Waals surface area contributed by atoms with Crippen molar-refractivity contribution < 1.29 is 14.3 Å². The second-order valence-corrected chi connectivity index (χ2v) is 5.69. The van der Waals surface area contributed by atoms with Gasteiger partial charge in [-0.1, -0.05) is 12.1 Å². The number of hydrogen-bond acceptors (Lipinski definition) is 4. The van der Waals surface area contributed by atoms with E-state index in [2.05, 4.69) is 17.6 Å². The van der Waals surface area contributed by atoms with Crippen molar-refractivity contribution in [1.29, 1.82) is 0 Å². The average Bonchev–Trinajstić information content (AvgIpc) is 2.76. The molecule has 21 heavy (non-hydrogen) atoms. The van der Waals surface area contributed by atoms with Crippen LogP contribution in [-0.2, 0) is 9.47 Å². The average molecular weight is 293 g/mol. The van der Waals surface area contributed by atoms with E-state index in [1.54, 1.807) is 0 Å². The fourth-order valence-corrected chi connectivity index (χ4v) is 2.29. The zero-order valence-corrected chi connectivity index (χ0v) is 12.7. The number of ether oxygens (including phenoxy) is 2. The van der Waals surface area contributed by atoms with E-state index in [4.69, 9.17) is 15.2 Å². The van der Waals surface area contributed by atoms with Crippen molar-refractivity contribution in [2.45, 2.75) is 38.7 Å². The summed E-state index contributed by atoms with van der Waals surface area (Å²) < 4.78 is 11.3. The van der Waals surface area contributed by atoms with Crippen LogP contribution in [0.1, 0.15) is 32.4 Å². The van der Waals surface area contributed by atoms with Crippen LogP contribution < -0.4 is 16.4 Å². The van der Waals surface area contributed by atoms with Crippen molar-refractivity contribution in [3.63, 3.8) is 0 Å². The summed E-state index contributed by atoms with van der Waals surface area (Å²) in [6.07, 6.45) is 0.0678. The molecule has 0 radical (unpaired) electrons. The summed E-state index contributed by atoms with van der Waals surface area (Å²) in [6, 6.07) is 7.19. The molecule has 4 N–H and O–H groups in total. The van der Waals surface area contributed by atoms with Crippen LogP contribution in [0.2, 0.25) is 0 Å². The number of nitrogens with one attached hydrogen (secondary N) is 2. The fourth-order valence-electron chi connectivity index (χ4n) is 2.29. The number of hydrogen-bond donors (Lipinski definition) is 3. The quantitative estimate of drug-likeness (QED) is 0.775. The molecular weight excluding hydrogens is 270 g/mol. The summed E-state index contributed by atoms with van der Waals surface area (Å²) in [6.45, 7) is 7.25. The van der Waals surface area contributed by atoms with Crippen molar-refractivity contribution in [1.82, 2.24) is 5.32 Å². The molecule has 2 rings (SSSR count). The fraction of sp³-hybridized carbons (Fsp3) is 0.533. The third kappa shape index (κ3) is 4.70. The Labute approximate surface area is 125 Å². The maximum Gasteiger partial charge on any atom is 0.316 e. The molecule has 0 bridgehead atoms. The van der Waals surface area contributed by atoms with Gasteiger partial charge in [0.1, 0.15) is 0 Å². The first-order valence-corrected chi connectivity index (χ1v) is 7.07. The van der Waals surface area contributed by atoms with Crippen LogP contribution in [0.25, 0.3) is 0 Å². The number of amides is 2. The summed E-state index contributed by atoms with van der Waals surface area (Å²) in [4.78, 5) is 10.8. The molecule has 1 aliphatic heterocycles. The van der Waals surface area contributed by atoms with E-state index in [0.717, 1.165) is 12.1 Å². The largest absolute Gasteiger partial charge is 0.351 e. The molecule has 0 spiro atoms. The minimum Gasteiger partial charge on any atom is -0.351 e. The Hall–Kier alpha value is -1.63. The van der Waals surface area contributed by atoms with Crippen LogP contribution in [0, 0.1) is 0 Å². The summed E-state index contributed by atoms with van der Waals surface area (Å²) in [5.74, 6) is -0.488. The summed E-state index contributed by atoms with van der Waals surface area (Å²) in [5, 5.41) is 5.96. The Morgan fingerprint density at radius 2 is 2.10 bits per heavy atom. The highest BCUT2D eigenvalue weighted by Crippen LogP contribution is 2.22. The van der Waals surface area contributed by atoms with E-state index >= 15 is 0 Å². The number of carbonyl (C=O) groups is 1. The molecule has 1 fully saturated rings.